The summed E-state index contributed by atoms with van der Waals surface area (Å²) >= 11 is 0. The van der Waals surface area contributed by atoms with E-state index in [0.29, 0.717) is 5.76 Å². The van der Waals surface area contributed by atoms with Crippen molar-refractivity contribution in [2.24, 2.45) is 0 Å². The van der Waals surface area contributed by atoms with Crippen molar-refractivity contribution in [3.63, 3.8) is 0 Å². The number of ether oxygens (including phenoxy) is 1. The SMILES string of the molecule is C=CCNS(=O)(=O)c1ccc(C(=O)OCC(=O)N[C@H](C)c2ccco2)cc1. The van der Waals surface area contributed by atoms with E-state index in [0.717, 1.165) is 0 Å². The third-order valence-electron chi connectivity index (χ3n) is 3.50. The van der Waals surface area contributed by atoms with Crippen molar-refractivity contribution in [2.75, 3.05) is 13.2 Å². The lowest BCUT2D eigenvalue weighted by atomic mass is 10.2. The number of amides is 1. The number of benzene rings is 1. The Morgan fingerprint density at radius 3 is 2.56 bits per heavy atom. The van der Waals surface area contributed by atoms with Gasteiger partial charge in [0.2, 0.25) is 10.0 Å². The van der Waals surface area contributed by atoms with Gasteiger partial charge in [0, 0.05) is 6.54 Å². The van der Waals surface area contributed by atoms with Gasteiger partial charge in [-0.25, -0.2) is 17.9 Å². The second-order valence-corrected chi connectivity index (χ2v) is 7.31. The van der Waals surface area contributed by atoms with Crippen molar-refractivity contribution in [2.45, 2.75) is 17.9 Å². The molecule has 8 nitrogen and oxygen atoms in total. The fraction of sp³-hybridized carbons (Fsp3) is 0.222. The fourth-order valence-corrected chi connectivity index (χ4v) is 3.13. The second kappa shape index (κ2) is 9.15. The van der Waals surface area contributed by atoms with Gasteiger partial charge in [0.25, 0.3) is 5.91 Å². The quantitative estimate of drug-likeness (QED) is 0.497. The lowest BCUT2D eigenvalue weighted by Gasteiger charge is -2.11. The molecule has 0 aliphatic heterocycles. The Labute approximate surface area is 157 Å². The largest absolute Gasteiger partial charge is 0.467 e. The Morgan fingerprint density at radius 2 is 1.96 bits per heavy atom. The third kappa shape index (κ3) is 5.80. The van der Waals surface area contributed by atoms with Gasteiger partial charge in [-0.2, -0.15) is 0 Å². The lowest BCUT2D eigenvalue weighted by Crippen LogP contribution is -2.31. The first-order valence-electron chi connectivity index (χ1n) is 8.04. The highest BCUT2D eigenvalue weighted by Gasteiger charge is 2.16. The highest BCUT2D eigenvalue weighted by Crippen LogP contribution is 2.13. The molecule has 1 aromatic carbocycles. The summed E-state index contributed by atoms with van der Waals surface area (Å²) in [6.07, 6.45) is 2.91. The van der Waals surface area contributed by atoms with Gasteiger partial charge in [-0.1, -0.05) is 6.08 Å². The van der Waals surface area contributed by atoms with E-state index in [1.165, 1.54) is 36.6 Å². The predicted octanol–water partition coefficient (Wildman–Crippen LogP) is 1.78. The van der Waals surface area contributed by atoms with E-state index >= 15 is 0 Å². The number of furan rings is 1. The van der Waals surface area contributed by atoms with Gasteiger partial charge in [-0.05, 0) is 43.3 Å². The van der Waals surface area contributed by atoms with E-state index < -0.39 is 28.5 Å². The first-order chi connectivity index (χ1) is 12.8. The van der Waals surface area contributed by atoms with Crippen LogP contribution in [0.4, 0.5) is 0 Å². The van der Waals surface area contributed by atoms with Crippen molar-refractivity contribution in [1.82, 2.24) is 10.0 Å². The van der Waals surface area contributed by atoms with E-state index in [1.54, 1.807) is 19.1 Å². The number of nitrogens with one attached hydrogen (secondary N) is 2. The maximum atomic E-state index is 12.0. The van der Waals surface area contributed by atoms with Gasteiger partial charge in [0.1, 0.15) is 5.76 Å². The molecule has 1 aromatic heterocycles. The maximum Gasteiger partial charge on any atom is 0.338 e. The van der Waals surface area contributed by atoms with Crippen molar-refractivity contribution < 1.29 is 27.2 Å². The topological polar surface area (TPSA) is 115 Å². The average molecular weight is 392 g/mol. The summed E-state index contributed by atoms with van der Waals surface area (Å²) in [4.78, 5) is 23.8. The summed E-state index contributed by atoms with van der Waals surface area (Å²) in [5, 5.41) is 2.63. The lowest BCUT2D eigenvalue weighted by molar-refractivity contribution is -0.125. The third-order valence-corrected chi connectivity index (χ3v) is 4.94. The van der Waals surface area contributed by atoms with Gasteiger partial charge in [-0.15, -0.1) is 6.58 Å². The molecule has 1 heterocycles. The molecule has 2 rings (SSSR count). The molecule has 2 aromatic rings. The molecule has 27 heavy (non-hydrogen) atoms. The molecule has 1 atom stereocenters. The van der Waals surface area contributed by atoms with Crippen LogP contribution < -0.4 is 10.0 Å². The smallest absolute Gasteiger partial charge is 0.338 e. The monoisotopic (exact) mass is 392 g/mol. The first-order valence-corrected chi connectivity index (χ1v) is 9.52. The Balaban J connectivity index is 1.88. The Kier molecular flexibility index (Phi) is 6.91. The molecule has 144 valence electrons. The minimum atomic E-state index is -3.67. The minimum absolute atomic E-state index is 0.00548. The Hall–Kier alpha value is -2.91. The molecule has 0 radical (unpaired) electrons. The zero-order valence-corrected chi connectivity index (χ0v) is 15.5. The summed E-state index contributed by atoms with van der Waals surface area (Å²) in [6.45, 7) is 4.80. The highest BCUT2D eigenvalue weighted by atomic mass is 32.2. The van der Waals surface area contributed by atoms with Crippen LogP contribution in [0.3, 0.4) is 0 Å². The van der Waals surface area contributed by atoms with Crippen LogP contribution in [0, 0.1) is 0 Å². The number of hydrogen-bond donors (Lipinski definition) is 2. The molecule has 0 saturated carbocycles. The second-order valence-electron chi connectivity index (χ2n) is 5.55. The van der Waals surface area contributed by atoms with Crippen LogP contribution >= 0.6 is 0 Å². The molecule has 0 unspecified atom stereocenters. The van der Waals surface area contributed by atoms with E-state index in [2.05, 4.69) is 16.6 Å². The fourth-order valence-electron chi connectivity index (χ4n) is 2.13. The molecule has 0 fully saturated rings. The summed E-state index contributed by atoms with van der Waals surface area (Å²) < 4.78 is 36.3. The molecule has 0 aliphatic rings. The molecule has 1 amide bonds. The van der Waals surface area contributed by atoms with E-state index in [1.807, 2.05) is 0 Å². The molecule has 0 spiro atoms. The summed E-state index contributed by atoms with van der Waals surface area (Å²) in [7, 11) is -3.67. The Morgan fingerprint density at radius 1 is 1.26 bits per heavy atom. The van der Waals surface area contributed by atoms with Gasteiger partial charge in [0.15, 0.2) is 6.61 Å². The van der Waals surface area contributed by atoms with Gasteiger partial charge >= 0.3 is 5.97 Å². The molecular formula is C18H20N2O6S. The zero-order valence-electron chi connectivity index (χ0n) is 14.7. The van der Waals surface area contributed by atoms with Crippen LogP contribution in [0.15, 0.2) is 64.6 Å². The van der Waals surface area contributed by atoms with Gasteiger partial charge in [-0.3, -0.25) is 4.79 Å². The predicted molar refractivity (Wildman–Crippen MR) is 97.4 cm³/mol. The molecule has 2 N–H and O–H groups in total. The molecular weight excluding hydrogens is 372 g/mol. The van der Waals surface area contributed by atoms with Gasteiger partial charge in [0.05, 0.1) is 22.8 Å². The Bertz CT molecular complexity index is 888. The first kappa shape index (κ1) is 20.4. The van der Waals surface area contributed by atoms with Crippen LogP contribution in [-0.4, -0.2) is 33.4 Å². The molecule has 0 bridgehead atoms. The number of hydrogen-bond acceptors (Lipinski definition) is 6. The van der Waals surface area contributed by atoms with Crippen molar-refractivity contribution in [3.05, 3.63) is 66.6 Å². The summed E-state index contributed by atoms with van der Waals surface area (Å²) in [5.41, 5.74) is 0.129. The number of carbonyl (C=O) groups excluding carboxylic acids is 2. The number of rotatable bonds is 9. The van der Waals surface area contributed by atoms with Crippen molar-refractivity contribution in [1.29, 1.82) is 0 Å². The normalized spacial score (nSPS) is 12.2. The summed E-state index contributed by atoms with van der Waals surface area (Å²) in [6, 6.07) is 8.24. The standard InChI is InChI=1S/C18H20N2O6S/c1-3-10-19-27(23,24)15-8-6-14(7-9-15)18(22)26-12-17(21)20-13(2)16-5-4-11-25-16/h3-9,11,13,19H,1,10,12H2,2H3,(H,20,21)/t13-/m1/s1. The van der Waals surface area contributed by atoms with Crippen molar-refractivity contribution >= 4 is 21.9 Å². The molecule has 0 aliphatic carbocycles. The zero-order chi connectivity index (χ0) is 19.9. The van der Waals surface area contributed by atoms with Crippen molar-refractivity contribution in [3.8, 4) is 0 Å². The molecule has 0 saturated heterocycles. The van der Waals surface area contributed by atoms with E-state index in [9.17, 15) is 18.0 Å². The maximum absolute atomic E-state index is 12.0. The van der Waals surface area contributed by atoms with Crippen LogP contribution in [0.1, 0.15) is 29.1 Å². The highest BCUT2D eigenvalue weighted by molar-refractivity contribution is 7.89. The van der Waals surface area contributed by atoms with Crippen LogP contribution in [0.2, 0.25) is 0 Å². The molecule has 9 heteroatoms. The van der Waals surface area contributed by atoms with Crippen LogP contribution in [0.5, 0.6) is 0 Å². The van der Waals surface area contributed by atoms with E-state index in [-0.39, 0.29) is 23.0 Å². The van der Waals surface area contributed by atoms with E-state index in [4.69, 9.17) is 9.15 Å². The van der Waals surface area contributed by atoms with Crippen LogP contribution in [0.25, 0.3) is 0 Å². The summed E-state index contributed by atoms with van der Waals surface area (Å²) in [5.74, 6) is -0.643. The number of sulfonamides is 1. The minimum Gasteiger partial charge on any atom is -0.467 e. The number of carbonyl (C=O) groups is 2. The van der Waals surface area contributed by atoms with Gasteiger partial charge < -0.3 is 14.5 Å². The van der Waals surface area contributed by atoms with Crippen LogP contribution in [-0.2, 0) is 19.6 Å². The average Bonchev–Trinajstić information content (AvgIpc) is 3.19. The number of esters is 1.